The Morgan fingerprint density at radius 3 is 2.64 bits per heavy atom. The molecule has 1 spiro atoms. The number of hydrogen-bond acceptors (Lipinski definition) is 5. The molecule has 4 aromatic rings. The summed E-state index contributed by atoms with van der Waals surface area (Å²) in [7, 11) is 1.48. The number of aromatic nitrogens is 2. The molecule has 11 heteroatoms. The van der Waals surface area contributed by atoms with Gasteiger partial charge < -0.3 is 19.7 Å². The van der Waals surface area contributed by atoms with E-state index in [-0.39, 0.29) is 12.5 Å². The minimum absolute atomic E-state index is 0.131. The molecule has 42 heavy (non-hydrogen) atoms. The summed E-state index contributed by atoms with van der Waals surface area (Å²) in [5, 5.41) is 12.5. The molecular weight excluding hydrogens is 558 g/mol. The molecule has 0 saturated carbocycles. The first-order chi connectivity index (χ1) is 20.2. The van der Waals surface area contributed by atoms with Gasteiger partial charge >= 0.3 is 12.2 Å². The summed E-state index contributed by atoms with van der Waals surface area (Å²) < 4.78 is 5.84. The van der Waals surface area contributed by atoms with Crippen molar-refractivity contribution in [3.05, 3.63) is 101 Å². The van der Waals surface area contributed by atoms with Crippen LogP contribution in [0.4, 0.5) is 21.0 Å². The number of amides is 3. The zero-order valence-corrected chi connectivity index (χ0v) is 23.5. The van der Waals surface area contributed by atoms with Gasteiger partial charge in [-0.15, -0.1) is 0 Å². The van der Waals surface area contributed by atoms with Gasteiger partial charge in [0.2, 0.25) is 5.91 Å². The fourth-order valence-corrected chi connectivity index (χ4v) is 5.82. The summed E-state index contributed by atoms with van der Waals surface area (Å²) >= 11 is 6.30. The van der Waals surface area contributed by atoms with Gasteiger partial charge in [-0.25, -0.2) is 14.6 Å². The number of fused-ring (bicyclic) bond motifs is 2. The van der Waals surface area contributed by atoms with Crippen molar-refractivity contribution < 1.29 is 24.2 Å². The molecule has 0 bridgehead atoms. The number of aromatic amines is 1. The van der Waals surface area contributed by atoms with Crippen LogP contribution in [0.3, 0.4) is 0 Å². The summed E-state index contributed by atoms with van der Waals surface area (Å²) in [4.78, 5) is 48.8. The van der Waals surface area contributed by atoms with Crippen molar-refractivity contribution in [2.24, 2.45) is 0 Å². The average molecular weight is 586 g/mol. The number of hydrogen-bond donors (Lipinski definition) is 3. The van der Waals surface area contributed by atoms with Gasteiger partial charge in [-0.1, -0.05) is 54.1 Å². The summed E-state index contributed by atoms with van der Waals surface area (Å²) in [6.07, 6.45) is 0.993. The van der Waals surface area contributed by atoms with Crippen molar-refractivity contribution in [3.8, 4) is 11.3 Å². The maximum atomic E-state index is 14.2. The van der Waals surface area contributed by atoms with E-state index in [0.717, 1.165) is 21.6 Å². The molecule has 2 aliphatic rings. The van der Waals surface area contributed by atoms with Crippen molar-refractivity contribution in [2.45, 2.75) is 24.4 Å². The number of carboxylic acid groups (broad SMARTS) is 1. The molecule has 2 atom stereocenters. The molecule has 3 amide bonds. The van der Waals surface area contributed by atoms with Gasteiger partial charge in [-0.2, -0.15) is 0 Å². The second-order valence-corrected chi connectivity index (χ2v) is 10.9. The fraction of sp³-hybridized carbons (Fsp3) is 0.226. The molecule has 1 fully saturated rings. The minimum Gasteiger partial charge on any atom is -0.465 e. The van der Waals surface area contributed by atoms with Crippen LogP contribution in [0.25, 0.3) is 11.3 Å². The predicted molar refractivity (Wildman–Crippen MR) is 158 cm³/mol. The van der Waals surface area contributed by atoms with Crippen LogP contribution in [-0.2, 0) is 21.6 Å². The molecular formula is C31H28ClN5O5. The smallest absolute Gasteiger partial charge is 0.412 e. The Kier molecular flexibility index (Phi) is 7.07. The Bertz CT molecular complexity index is 1660. The van der Waals surface area contributed by atoms with E-state index in [9.17, 15) is 19.5 Å². The first-order valence-corrected chi connectivity index (χ1v) is 13.9. The summed E-state index contributed by atoms with van der Waals surface area (Å²) in [6, 6.07) is 22.0. The number of likely N-dealkylation sites (tertiary alicyclic amines) is 1. The maximum Gasteiger partial charge on any atom is 0.412 e. The van der Waals surface area contributed by atoms with E-state index in [0.29, 0.717) is 47.3 Å². The average Bonchev–Trinajstić information content (AvgIpc) is 3.65. The lowest BCUT2D eigenvalue weighted by Gasteiger charge is -2.35. The summed E-state index contributed by atoms with van der Waals surface area (Å²) in [5.74, 6) is -0.240. The van der Waals surface area contributed by atoms with Crippen LogP contribution in [-0.4, -0.2) is 58.2 Å². The molecule has 6 rings (SSSR count). The molecule has 3 heterocycles. The van der Waals surface area contributed by atoms with Crippen molar-refractivity contribution in [2.75, 3.05) is 30.4 Å². The van der Waals surface area contributed by atoms with Gasteiger partial charge in [0.05, 0.1) is 17.9 Å². The van der Waals surface area contributed by atoms with Crippen LogP contribution in [0.1, 0.15) is 29.3 Å². The van der Waals surface area contributed by atoms with E-state index in [1.54, 1.807) is 53.6 Å². The highest BCUT2D eigenvalue weighted by Crippen LogP contribution is 2.44. The van der Waals surface area contributed by atoms with Gasteiger partial charge in [-0.05, 0) is 42.3 Å². The number of ether oxygens (including phenoxy) is 1. The number of carbonyl (C=O) groups is 3. The lowest BCUT2D eigenvalue weighted by Crippen LogP contribution is -2.43. The highest BCUT2D eigenvalue weighted by molar-refractivity contribution is 6.30. The highest BCUT2D eigenvalue weighted by atomic mass is 35.5. The Morgan fingerprint density at radius 2 is 1.90 bits per heavy atom. The Balaban J connectivity index is 1.29. The van der Waals surface area contributed by atoms with Crippen LogP contribution in [0.15, 0.2) is 79.0 Å². The quantitative estimate of drug-likeness (QED) is 0.260. The van der Waals surface area contributed by atoms with Gasteiger partial charge in [0.25, 0.3) is 0 Å². The van der Waals surface area contributed by atoms with Gasteiger partial charge in [0.1, 0.15) is 11.7 Å². The number of H-pyrrole nitrogens is 1. The van der Waals surface area contributed by atoms with Crippen LogP contribution >= 0.6 is 11.6 Å². The molecule has 3 N–H and O–H groups in total. The number of nitrogens with zero attached hydrogens (tertiary/aromatic N) is 3. The van der Waals surface area contributed by atoms with E-state index in [2.05, 4.69) is 10.3 Å². The number of nitrogens with one attached hydrogen (secondary N) is 2. The molecule has 2 aliphatic heterocycles. The number of rotatable bonds is 6. The third-order valence-electron chi connectivity index (χ3n) is 7.89. The van der Waals surface area contributed by atoms with Crippen molar-refractivity contribution in [1.29, 1.82) is 0 Å². The van der Waals surface area contributed by atoms with E-state index < -0.39 is 23.7 Å². The normalized spacial score (nSPS) is 18.2. The monoisotopic (exact) mass is 585 g/mol. The number of carbonyl (C=O) groups excluding carboxylic acids is 2. The largest absolute Gasteiger partial charge is 0.465 e. The van der Waals surface area contributed by atoms with Crippen molar-refractivity contribution in [3.63, 3.8) is 0 Å². The third-order valence-corrected chi connectivity index (χ3v) is 8.12. The number of imidazole rings is 1. The minimum atomic E-state index is -1.05. The first-order valence-electron chi connectivity index (χ1n) is 13.5. The summed E-state index contributed by atoms with van der Waals surface area (Å²) in [5.41, 5.74) is 3.31. The van der Waals surface area contributed by atoms with Crippen LogP contribution in [0.5, 0.6) is 0 Å². The van der Waals surface area contributed by atoms with E-state index in [1.807, 2.05) is 30.3 Å². The Hall–Kier alpha value is -4.83. The maximum absolute atomic E-state index is 14.2. The van der Waals surface area contributed by atoms with E-state index in [1.165, 1.54) is 7.05 Å². The van der Waals surface area contributed by atoms with E-state index in [4.69, 9.17) is 21.3 Å². The predicted octanol–water partition coefficient (Wildman–Crippen LogP) is 5.86. The van der Waals surface area contributed by atoms with Crippen molar-refractivity contribution in [1.82, 2.24) is 14.9 Å². The Morgan fingerprint density at radius 1 is 1.14 bits per heavy atom. The second kappa shape index (κ2) is 10.9. The number of halogens is 1. The topological polar surface area (TPSA) is 128 Å². The van der Waals surface area contributed by atoms with Gasteiger partial charge in [0, 0.05) is 48.0 Å². The number of benzene rings is 3. The molecule has 0 unspecified atom stereocenters. The summed E-state index contributed by atoms with van der Waals surface area (Å²) in [6.45, 7) is 0.597. The molecule has 1 saturated heterocycles. The second-order valence-electron chi connectivity index (χ2n) is 10.5. The standard InChI is InChI=1S/C31H28ClN5O5/c1-36(30(40)41)22-10-7-20(8-11-22)26-17-33-27(34-26)23(15-19-5-3-2-4-6-19)28(38)37-14-13-31(18-37)24-16-21(32)9-12-25(24)35-29(39)42-31/h2-12,16-17,23H,13-15,18H2,1H3,(H,33,34)(H,35,39)(H,40,41)/t23-,31+/m0/s1. The number of anilines is 2. The molecule has 214 valence electrons. The lowest BCUT2D eigenvalue weighted by molar-refractivity contribution is -0.133. The molecule has 0 aliphatic carbocycles. The van der Waals surface area contributed by atoms with Gasteiger partial charge in [0.15, 0.2) is 5.60 Å². The van der Waals surface area contributed by atoms with Crippen LogP contribution < -0.4 is 10.2 Å². The fourth-order valence-electron chi connectivity index (χ4n) is 5.64. The molecule has 1 aromatic heterocycles. The molecule has 3 aromatic carbocycles. The van der Waals surface area contributed by atoms with E-state index >= 15 is 0 Å². The molecule has 10 nitrogen and oxygen atoms in total. The third kappa shape index (κ3) is 5.16. The van der Waals surface area contributed by atoms with Crippen LogP contribution in [0, 0.1) is 0 Å². The first kappa shape index (κ1) is 27.3. The zero-order chi connectivity index (χ0) is 29.4. The van der Waals surface area contributed by atoms with Gasteiger partial charge in [-0.3, -0.25) is 15.0 Å². The molecule has 0 radical (unpaired) electrons. The van der Waals surface area contributed by atoms with Crippen LogP contribution in [0.2, 0.25) is 5.02 Å². The zero-order valence-electron chi connectivity index (χ0n) is 22.7. The SMILES string of the molecule is CN(C(=O)O)c1ccc(-c2c[nH]c([C@H](Cc3ccccc3)C(=O)N3CC[C@]4(C3)OC(=O)Nc3ccc(Cl)cc34)n2)cc1. The lowest BCUT2D eigenvalue weighted by atomic mass is 9.90. The highest BCUT2D eigenvalue weighted by Gasteiger charge is 2.49. The van der Waals surface area contributed by atoms with Crippen molar-refractivity contribution >= 4 is 41.1 Å². The Labute approximate surface area is 246 Å².